The Labute approximate surface area is 198 Å². The molecule has 1 amide bonds. The normalized spacial score (nSPS) is 24.5. The van der Waals surface area contributed by atoms with Crippen molar-refractivity contribution >= 4 is 23.4 Å². The smallest absolute Gasteiger partial charge is 0.412 e. The van der Waals surface area contributed by atoms with E-state index in [1.165, 1.54) is 10.8 Å². The third kappa shape index (κ3) is 5.65. The van der Waals surface area contributed by atoms with Crippen molar-refractivity contribution in [1.29, 1.82) is 0 Å². The number of aliphatic hydroxyl groups is 2. The lowest BCUT2D eigenvalue weighted by atomic mass is 9.93. The van der Waals surface area contributed by atoms with E-state index in [0.717, 1.165) is 19.3 Å². The molecular weight excluding hydrogens is 444 g/mol. The molecule has 0 aromatic carbocycles. The summed E-state index contributed by atoms with van der Waals surface area (Å²) in [4.78, 5) is 28.2. The van der Waals surface area contributed by atoms with Gasteiger partial charge in [-0.3, -0.25) is 10.1 Å². The molecular formula is C23H34N4O7. The number of hydrogen-bond donors (Lipinski definition) is 3. The highest BCUT2D eigenvalue weighted by atomic mass is 16.6. The molecule has 11 nitrogen and oxygen atoms in total. The summed E-state index contributed by atoms with van der Waals surface area (Å²) >= 11 is 0. The minimum atomic E-state index is -1.35. The van der Waals surface area contributed by atoms with Crippen molar-refractivity contribution in [3.05, 3.63) is 24.2 Å². The fourth-order valence-electron chi connectivity index (χ4n) is 3.95. The second kappa shape index (κ2) is 11.1. The van der Waals surface area contributed by atoms with Gasteiger partial charge in [0.15, 0.2) is 5.82 Å². The molecule has 0 aliphatic carbocycles. The number of nitrogens with one attached hydrogen (secondary N) is 1. The molecule has 0 saturated carbocycles. The molecule has 0 spiro atoms. The summed E-state index contributed by atoms with van der Waals surface area (Å²) in [5.74, 6) is -0.0226. The summed E-state index contributed by atoms with van der Waals surface area (Å²) in [6.07, 6.45) is 0.150. The quantitative estimate of drug-likeness (QED) is 0.346. The summed E-state index contributed by atoms with van der Waals surface area (Å²) in [5, 5.41) is 28.2. The SMILES string of the molecule is CCCCCOC(=O)Nc1ncnn2c([C@]3(C)O[C@H](COC(=O)CC(C)C)[C@@H](O)[C@H]3O)ccc12. The number of carbonyl (C=O) groups excluding carboxylic acids is 2. The third-order valence-corrected chi connectivity index (χ3v) is 5.81. The topological polar surface area (TPSA) is 145 Å². The zero-order valence-electron chi connectivity index (χ0n) is 20.1. The van der Waals surface area contributed by atoms with Crippen molar-refractivity contribution in [2.75, 3.05) is 18.5 Å². The Morgan fingerprint density at radius 2 is 2.03 bits per heavy atom. The molecule has 2 aromatic rings. The zero-order valence-corrected chi connectivity index (χ0v) is 20.1. The molecule has 188 valence electrons. The number of anilines is 1. The highest BCUT2D eigenvalue weighted by Gasteiger charge is 2.54. The average molecular weight is 479 g/mol. The Balaban J connectivity index is 1.74. The monoisotopic (exact) mass is 478 g/mol. The lowest BCUT2D eigenvalue weighted by Crippen LogP contribution is -2.39. The Morgan fingerprint density at radius 3 is 2.74 bits per heavy atom. The van der Waals surface area contributed by atoms with Crippen LogP contribution < -0.4 is 5.32 Å². The summed E-state index contributed by atoms with van der Waals surface area (Å²) < 4.78 is 17.9. The maximum Gasteiger partial charge on any atom is 0.412 e. The molecule has 4 atom stereocenters. The van der Waals surface area contributed by atoms with E-state index in [2.05, 4.69) is 22.3 Å². The van der Waals surface area contributed by atoms with Crippen LogP contribution in [0.2, 0.25) is 0 Å². The summed E-state index contributed by atoms with van der Waals surface area (Å²) in [6, 6.07) is 3.34. The largest absolute Gasteiger partial charge is 0.463 e. The molecule has 11 heteroatoms. The van der Waals surface area contributed by atoms with Crippen LogP contribution in [-0.4, -0.2) is 68.4 Å². The van der Waals surface area contributed by atoms with Gasteiger partial charge in [0.25, 0.3) is 0 Å². The van der Waals surface area contributed by atoms with Crippen LogP contribution in [0, 0.1) is 5.92 Å². The first-order valence-electron chi connectivity index (χ1n) is 11.6. The Hall–Kier alpha value is -2.76. The van der Waals surface area contributed by atoms with Gasteiger partial charge >= 0.3 is 12.1 Å². The van der Waals surface area contributed by atoms with Crippen LogP contribution in [-0.2, 0) is 24.6 Å². The number of aromatic nitrogens is 3. The molecule has 1 aliphatic heterocycles. The fraction of sp³-hybridized carbons (Fsp3) is 0.652. The predicted octanol–water partition coefficient (Wildman–Crippen LogP) is 2.39. The van der Waals surface area contributed by atoms with E-state index in [4.69, 9.17) is 14.2 Å². The minimum Gasteiger partial charge on any atom is -0.463 e. The van der Waals surface area contributed by atoms with Crippen molar-refractivity contribution in [3.63, 3.8) is 0 Å². The highest BCUT2D eigenvalue weighted by molar-refractivity contribution is 5.88. The fourth-order valence-corrected chi connectivity index (χ4v) is 3.95. The van der Waals surface area contributed by atoms with Crippen LogP contribution in [0.25, 0.3) is 5.52 Å². The molecule has 3 N–H and O–H groups in total. The van der Waals surface area contributed by atoms with E-state index < -0.39 is 36.0 Å². The standard InChI is InChI=1S/C23H34N4O7/c1-5-6-7-10-32-22(31)26-21-15-8-9-17(27(15)25-13-24-21)23(4)20(30)19(29)16(34-23)12-33-18(28)11-14(2)3/h8-9,13-14,16,19-20,29-30H,5-7,10-12H2,1-4H3,(H,24,25,26,31)/t16-,19-,20-,23+/m1/s1. The van der Waals surface area contributed by atoms with Crippen LogP contribution in [0.4, 0.5) is 10.6 Å². The Bertz CT molecular complexity index is 995. The molecule has 3 heterocycles. The van der Waals surface area contributed by atoms with Gasteiger partial charge in [0, 0.05) is 6.42 Å². The van der Waals surface area contributed by atoms with Crippen LogP contribution in [0.3, 0.4) is 0 Å². The molecule has 1 fully saturated rings. The zero-order chi connectivity index (χ0) is 24.9. The van der Waals surface area contributed by atoms with Crippen LogP contribution in [0.15, 0.2) is 18.5 Å². The molecule has 2 aromatic heterocycles. The summed E-state index contributed by atoms with van der Waals surface area (Å²) in [6.45, 7) is 7.61. The molecule has 3 rings (SSSR count). The molecule has 0 radical (unpaired) electrons. The van der Waals surface area contributed by atoms with Gasteiger partial charge in [-0.2, -0.15) is 5.10 Å². The lowest BCUT2D eigenvalue weighted by molar-refractivity contribution is -0.152. The number of aliphatic hydroxyl groups excluding tert-OH is 2. The van der Waals surface area contributed by atoms with Gasteiger partial charge in [-0.15, -0.1) is 0 Å². The molecule has 34 heavy (non-hydrogen) atoms. The number of carbonyl (C=O) groups is 2. The second-order valence-electron chi connectivity index (χ2n) is 9.07. The van der Waals surface area contributed by atoms with Crippen molar-refractivity contribution in [2.45, 2.75) is 77.3 Å². The molecule has 0 bridgehead atoms. The van der Waals surface area contributed by atoms with Crippen LogP contribution in [0.5, 0.6) is 0 Å². The van der Waals surface area contributed by atoms with Crippen LogP contribution >= 0.6 is 0 Å². The molecule has 0 unspecified atom stereocenters. The van der Waals surface area contributed by atoms with Gasteiger partial charge in [0.1, 0.15) is 42.4 Å². The molecule has 1 saturated heterocycles. The number of nitrogens with zero attached hydrogens (tertiary/aromatic N) is 3. The molecule has 1 aliphatic rings. The van der Waals surface area contributed by atoms with Crippen molar-refractivity contribution < 1.29 is 34.0 Å². The number of rotatable bonds is 10. The van der Waals surface area contributed by atoms with Gasteiger partial charge in [-0.1, -0.05) is 33.6 Å². The van der Waals surface area contributed by atoms with Crippen LogP contribution in [0.1, 0.15) is 59.1 Å². The van der Waals surface area contributed by atoms with E-state index >= 15 is 0 Å². The lowest BCUT2D eigenvalue weighted by Gasteiger charge is -2.27. The van der Waals surface area contributed by atoms with E-state index in [-0.39, 0.29) is 24.8 Å². The van der Waals surface area contributed by atoms with Crippen molar-refractivity contribution in [3.8, 4) is 0 Å². The maximum absolute atomic E-state index is 12.1. The maximum atomic E-state index is 12.1. The minimum absolute atomic E-state index is 0.140. The number of hydrogen-bond acceptors (Lipinski definition) is 9. The van der Waals surface area contributed by atoms with Gasteiger partial charge in [0.05, 0.1) is 12.3 Å². The average Bonchev–Trinajstić information content (AvgIpc) is 3.32. The first kappa shape index (κ1) is 25.9. The number of amides is 1. The number of unbranched alkanes of at least 4 members (excludes halogenated alkanes) is 2. The number of esters is 1. The highest BCUT2D eigenvalue weighted by Crippen LogP contribution is 2.40. The van der Waals surface area contributed by atoms with E-state index in [0.29, 0.717) is 17.8 Å². The van der Waals surface area contributed by atoms with E-state index in [9.17, 15) is 19.8 Å². The van der Waals surface area contributed by atoms with Gasteiger partial charge in [-0.25, -0.2) is 14.3 Å². The van der Waals surface area contributed by atoms with Gasteiger partial charge in [-0.05, 0) is 31.4 Å². The third-order valence-electron chi connectivity index (χ3n) is 5.81. The van der Waals surface area contributed by atoms with E-state index in [1.54, 1.807) is 19.1 Å². The van der Waals surface area contributed by atoms with Crippen molar-refractivity contribution in [1.82, 2.24) is 14.6 Å². The summed E-state index contributed by atoms with van der Waals surface area (Å²) in [5.41, 5.74) is -0.457. The second-order valence-corrected chi connectivity index (χ2v) is 9.07. The Kier molecular flexibility index (Phi) is 8.45. The number of fused-ring (bicyclic) bond motifs is 1. The van der Waals surface area contributed by atoms with Gasteiger partial charge in [0.2, 0.25) is 0 Å². The van der Waals surface area contributed by atoms with E-state index in [1.807, 2.05) is 13.8 Å². The summed E-state index contributed by atoms with van der Waals surface area (Å²) in [7, 11) is 0. The van der Waals surface area contributed by atoms with Crippen molar-refractivity contribution in [2.24, 2.45) is 5.92 Å². The number of ether oxygens (including phenoxy) is 3. The van der Waals surface area contributed by atoms with Gasteiger partial charge < -0.3 is 24.4 Å². The Morgan fingerprint density at radius 1 is 1.26 bits per heavy atom. The first-order chi connectivity index (χ1) is 16.2. The predicted molar refractivity (Wildman–Crippen MR) is 122 cm³/mol. The first-order valence-corrected chi connectivity index (χ1v) is 11.6.